The van der Waals surface area contributed by atoms with E-state index in [1.807, 2.05) is 24.3 Å². The molecule has 4 rings (SSSR count). The first-order chi connectivity index (χ1) is 16.5. The molecule has 0 aliphatic heterocycles. The predicted molar refractivity (Wildman–Crippen MR) is 127 cm³/mol. The van der Waals surface area contributed by atoms with Crippen molar-refractivity contribution in [3.8, 4) is 17.4 Å². The fourth-order valence-electron chi connectivity index (χ4n) is 3.54. The van der Waals surface area contributed by atoms with Crippen molar-refractivity contribution in [3.63, 3.8) is 0 Å². The summed E-state index contributed by atoms with van der Waals surface area (Å²) < 4.78 is 19.5. The molecule has 0 aliphatic carbocycles. The highest BCUT2D eigenvalue weighted by atomic mass is 35.5. The van der Waals surface area contributed by atoms with Crippen molar-refractivity contribution in [3.05, 3.63) is 112 Å². The van der Waals surface area contributed by atoms with Crippen LogP contribution in [0.1, 0.15) is 29.0 Å². The second-order valence-electron chi connectivity index (χ2n) is 7.81. The lowest BCUT2D eigenvalue weighted by Crippen LogP contribution is -2.30. The zero-order valence-electron chi connectivity index (χ0n) is 18.2. The second kappa shape index (κ2) is 10.8. The van der Waals surface area contributed by atoms with Gasteiger partial charge in [0.25, 0.3) is 0 Å². The minimum atomic E-state index is -0.349. The molecule has 1 heterocycles. The van der Waals surface area contributed by atoms with Crippen LogP contribution < -0.4 is 0 Å². The smallest absolute Gasteiger partial charge is 0.223 e. The summed E-state index contributed by atoms with van der Waals surface area (Å²) in [5.74, 6) is 0.605. The molecule has 170 valence electrons. The molecule has 34 heavy (non-hydrogen) atoms. The average molecular weight is 474 g/mol. The largest absolute Gasteiger partial charge is 0.441 e. The quantitative estimate of drug-likeness (QED) is 0.307. The molecule has 0 unspecified atom stereocenters. The summed E-state index contributed by atoms with van der Waals surface area (Å²) >= 11 is 5.93. The lowest BCUT2D eigenvalue weighted by molar-refractivity contribution is -0.132. The summed E-state index contributed by atoms with van der Waals surface area (Å²) in [4.78, 5) is 19.1. The number of nitriles is 1. The second-order valence-corrected chi connectivity index (χ2v) is 8.25. The first-order valence-corrected chi connectivity index (χ1v) is 11.1. The molecular formula is C27H21ClFN3O2. The number of benzene rings is 3. The molecule has 1 aromatic heterocycles. The van der Waals surface area contributed by atoms with E-state index in [1.165, 1.54) is 12.1 Å². The number of hydrogen-bond acceptors (Lipinski definition) is 4. The SMILES string of the molecule is N#Cc1ccc(CN(Cc2cccc(F)c2)C(=O)CCc2ncc(-c3ccc(Cl)cc3)o2)cc1. The van der Waals surface area contributed by atoms with E-state index in [9.17, 15) is 9.18 Å². The van der Waals surface area contributed by atoms with Crippen molar-refractivity contribution < 1.29 is 13.6 Å². The number of nitrogens with zero attached hydrogens (tertiary/aromatic N) is 3. The molecule has 1 amide bonds. The normalized spacial score (nSPS) is 10.6. The van der Waals surface area contributed by atoms with Gasteiger partial charge in [-0.25, -0.2) is 9.37 Å². The minimum absolute atomic E-state index is 0.111. The molecule has 0 bridgehead atoms. The summed E-state index contributed by atoms with van der Waals surface area (Å²) in [5.41, 5.74) is 2.98. The monoisotopic (exact) mass is 473 g/mol. The molecule has 3 aromatic carbocycles. The van der Waals surface area contributed by atoms with E-state index in [1.54, 1.807) is 47.5 Å². The van der Waals surface area contributed by atoms with Gasteiger partial charge in [0, 0.05) is 36.5 Å². The zero-order chi connectivity index (χ0) is 23.9. The van der Waals surface area contributed by atoms with Crippen LogP contribution >= 0.6 is 11.6 Å². The third-order valence-electron chi connectivity index (χ3n) is 5.31. The first-order valence-electron chi connectivity index (χ1n) is 10.7. The number of rotatable bonds is 8. The van der Waals surface area contributed by atoms with Crippen LogP contribution in [0.2, 0.25) is 5.02 Å². The number of aryl methyl sites for hydroxylation is 1. The molecular weight excluding hydrogens is 453 g/mol. The summed E-state index contributed by atoms with van der Waals surface area (Å²) in [6, 6.07) is 22.6. The summed E-state index contributed by atoms with van der Waals surface area (Å²) in [7, 11) is 0. The maximum atomic E-state index is 13.7. The van der Waals surface area contributed by atoms with Crippen LogP contribution in [0.3, 0.4) is 0 Å². The third-order valence-corrected chi connectivity index (χ3v) is 5.56. The van der Waals surface area contributed by atoms with Gasteiger partial charge in [-0.2, -0.15) is 5.26 Å². The van der Waals surface area contributed by atoms with Gasteiger partial charge in [0.2, 0.25) is 5.91 Å². The lowest BCUT2D eigenvalue weighted by atomic mass is 10.1. The van der Waals surface area contributed by atoms with Gasteiger partial charge < -0.3 is 9.32 Å². The van der Waals surface area contributed by atoms with Gasteiger partial charge >= 0.3 is 0 Å². The van der Waals surface area contributed by atoms with Gasteiger partial charge in [0.15, 0.2) is 11.7 Å². The molecule has 0 radical (unpaired) electrons. The summed E-state index contributed by atoms with van der Waals surface area (Å²) in [6.07, 6.45) is 2.15. The maximum absolute atomic E-state index is 13.7. The van der Waals surface area contributed by atoms with Crippen LogP contribution in [-0.2, 0) is 24.3 Å². The Kier molecular flexibility index (Phi) is 7.36. The standard InChI is InChI=1S/C27H21ClFN3O2/c28-23-10-8-22(9-11-23)25-16-31-26(34-25)12-13-27(33)32(18-21-2-1-3-24(29)14-21)17-20-6-4-19(15-30)5-7-20/h1-11,14,16H,12-13,17-18H2. The van der Waals surface area contributed by atoms with E-state index in [0.717, 1.165) is 11.1 Å². The molecule has 0 fully saturated rings. The van der Waals surface area contributed by atoms with E-state index in [0.29, 0.717) is 40.8 Å². The number of carbonyl (C=O) groups excluding carboxylic acids is 1. The Balaban J connectivity index is 1.46. The van der Waals surface area contributed by atoms with Crippen molar-refractivity contribution in [1.29, 1.82) is 5.26 Å². The predicted octanol–water partition coefficient (Wildman–Crippen LogP) is 6.17. The van der Waals surface area contributed by atoms with Crippen LogP contribution in [0.5, 0.6) is 0 Å². The minimum Gasteiger partial charge on any atom is -0.441 e. The van der Waals surface area contributed by atoms with E-state index >= 15 is 0 Å². The average Bonchev–Trinajstić information content (AvgIpc) is 3.32. The number of aromatic nitrogens is 1. The van der Waals surface area contributed by atoms with Crippen molar-refractivity contribution in [2.45, 2.75) is 25.9 Å². The Morgan fingerprint density at radius 1 is 1.03 bits per heavy atom. The Morgan fingerprint density at radius 3 is 2.47 bits per heavy atom. The van der Waals surface area contributed by atoms with Crippen LogP contribution in [0.4, 0.5) is 4.39 Å². The molecule has 5 nitrogen and oxygen atoms in total. The zero-order valence-corrected chi connectivity index (χ0v) is 19.0. The molecule has 0 aliphatic rings. The van der Waals surface area contributed by atoms with Crippen molar-refractivity contribution >= 4 is 17.5 Å². The Morgan fingerprint density at radius 2 is 1.76 bits per heavy atom. The molecule has 4 aromatic rings. The highest BCUT2D eigenvalue weighted by Gasteiger charge is 2.17. The van der Waals surface area contributed by atoms with Gasteiger partial charge in [-0.1, -0.05) is 35.9 Å². The number of amides is 1. The third kappa shape index (κ3) is 6.09. The van der Waals surface area contributed by atoms with E-state index in [2.05, 4.69) is 11.1 Å². The Hall–Kier alpha value is -3.95. The Bertz CT molecular complexity index is 1310. The van der Waals surface area contributed by atoms with Crippen molar-refractivity contribution in [1.82, 2.24) is 9.88 Å². The van der Waals surface area contributed by atoms with Gasteiger partial charge in [0.1, 0.15) is 5.82 Å². The lowest BCUT2D eigenvalue weighted by Gasteiger charge is -2.23. The maximum Gasteiger partial charge on any atom is 0.223 e. The number of halogens is 2. The fraction of sp³-hybridized carbons (Fsp3) is 0.148. The van der Waals surface area contributed by atoms with E-state index < -0.39 is 0 Å². The van der Waals surface area contributed by atoms with Crippen molar-refractivity contribution in [2.24, 2.45) is 0 Å². The Labute approximate surface area is 202 Å². The fourth-order valence-corrected chi connectivity index (χ4v) is 3.66. The first kappa shape index (κ1) is 23.2. The molecule has 7 heteroatoms. The number of oxazole rings is 1. The summed E-state index contributed by atoms with van der Waals surface area (Å²) in [6.45, 7) is 0.598. The van der Waals surface area contributed by atoms with Crippen molar-refractivity contribution in [2.75, 3.05) is 0 Å². The highest BCUT2D eigenvalue weighted by Crippen LogP contribution is 2.23. The van der Waals surface area contributed by atoms with Crippen LogP contribution in [0.25, 0.3) is 11.3 Å². The summed E-state index contributed by atoms with van der Waals surface area (Å²) in [5, 5.41) is 9.65. The van der Waals surface area contributed by atoms with Crippen LogP contribution in [0.15, 0.2) is 83.4 Å². The highest BCUT2D eigenvalue weighted by molar-refractivity contribution is 6.30. The van der Waals surface area contributed by atoms with Crippen LogP contribution in [0, 0.1) is 17.1 Å². The number of hydrogen-bond donors (Lipinski definition) is 0. The molecule has 0 atom stereocenters. The van der Waals surface area contributed by atoms with Gasteiger partial charge in [-0.3, -0.25) is 4.79 Å². The molecule has 0 saturated heterocycles. The van der Waals surface area contributed by atoms with Gasteiger partial charge in [-0.15, -0.1) is 0 Å². The molecule has 0 spiro atoms. The number of carbonyl (C=O) groups is 1. The topological polar surface area (TPSA) is 70.1 Å². The molecule has 0 saturated carbocycles. The molecule has 0 N–H and O–H groups in total. The van der Waals surface area contributed by atoms with Gasteiger partial charge in [-0.05, 0) is 59.7 Å². The van der Waals surface area contributed by atoms with E-state index in [-0.39, 0.29) is 24.7 Å². The van der Waals surface area contributed by atoms with Crippen LogP contribution in [-0.4, -0.2) is 15.8 Å². The van der Waals surface area contributed by atoms with Gasteiger partial charge in [0.05, 0.1) is 17.8 Å². The van der Waals surface area contributed by atoms with E-state index in [4.69, 9.17) is 21.3 Å².